The number of hydrogen-bond acceptors (Lipinski definition) is 2. The lowest BCUT2D eigenvalue weighted by molar-refractivity contribution is 0.396. The largest absolute Gasteiger partial charge is 0.496 e. The summed E-state index contributed by atoms with van der Waals surface area (Å²) in [6.07, 6.45) is 2.24. The van der Waals surface area contributed by atoms with Gasteiger partial charge in [0.25, 0.3) is 0 Å². The van der Waals surface area contributed by atoms with Crippen LogP contribution in [-0.4, -0.2) is 20.7 Å². The highest BCUT2D eigenvalue weighted by Crippen LogP contribution is 2.37. The number of halogens is 1. The van der Waals surface area contributed by atoms with Gasteiger partial charge in [0.05, 0.1) is 7.11 Å². The van der Waals surface area contributed by atoms with Gasteiger partial charge >= 0.3 is 0 Å². The minimum atomic E-state index is 0.645. The third-order valence-electron chi connectivity index (χ3n) is 4.06. The zero-order valence-electron chi connectivity index (χ0n) is 13.0. The van der Waals surface area contributed by atoms with Gasteiger partial charge in [0.1, 0.15) is 5.75 Å². The van der Waals surface area contributed by atoms with Crippen molar-refractivity contribution in [2.24, 2.45) is 5.92 Å². The third-order valence-corrected chi connectivity index (χ3v) is 5.24. The van der Waals surface area contributed by atoms with Gasteiger partial charge in [-0.25, -0.2) is 0 Å². The molecule has 1 atom stereocenters. The molecule has 1 rings (SSSR count). The summed E-state index contributed by atoms with van der Waals surface area (Å²) in [6.45, 7) is 9.76. The molecule has 0 spiro atoms. The highest BCUT2D eigenvalue weighted by atomic mass is 79.9. The average molecular weight is 328 g/mol. The maximum absolute atomic E-state index is 5.68. The van der Waals surface area contributed by atoms with E-state index in [1.165, 1.54) is 33.1 Å². The third kappa shape index (κ3) is 3.51. The van der Waals surface area contributed by atoms with Gasteiger partial charge in [0.15, 0.2) is 0 Å². The summed E-state index contributed by atoms with van der Waals surface area (Å²) in [5, 5.41) is 3.28. The van der Waals surface area contributed by atoms with E-state index >= 15 is 0 Å². The number of benzene rings is 1. The zero-order valence-corrected chi connectivity index (χ0v) is 14.6. The molecular weight excluding hydrogens is 302 g/mol. The summed E-state index contributed by atoms with van der Waals surface area (Å²) < 4.78 is 6.90. The van der Waals surface area contributed by atoms with E-state index in [-0.39, 0.29) is 0 Å². The molecule has 19 heavy (non-hydrogen) atoms. The number of ether oxygens (including phenoxy) is 1. The zero-order chi connectivity index (χ0) is 14.6. The summed E-state index contributed by atoms with van der Waals surface area (Å²) in [5.74, 6) is 1.71. The molecule has 0 fully saturated rings. The van der Waals surface area contributed by atoms with Crippen molar-refractivity contribution in [1.29, 1.82) is 0 Å². The Morgan fingerprint density at radius 2 is 1.79 bits per heavy atom. The van der Waals surface area contributed by atoms with E-state index in [0.29, 0.717) is 5.92 Å². The first kappa shape index (κ1) is 16.5. The molecule has 1 aromatic carbocycles. The van der Waals surface area contributed by atoms with Crippen molar-refractivity contribution in [3.8, 4) is 5.75 Å². The highest BCUT2D eigenvalue weighted by Gasteiger charge is 2.19. The molecule has 108 valence electrons. The van der Waals surface area contributed by atoms with Crippen LogP contribution in [0.15, 0.2) is 4.47 Å². The van der Waals surface area contributed by atoms with E-state index in [1.54, 1.807) is 7.11 Å². The molecular formula is C16H26BrNO. The predicted octanol–water partition coefficient (Wildman–Crippen LogP) is 4.17. The van der Waals surface area contributed by atoms with Gasteiger partial charge in [-0.1, -0.05) is 29.3 Å². The van der Waals surface area contributed by atoms with Gasteiger partial charge < -0.3 is 10.1 Å². The van der Waals surface area contributed by atoms with Gasteiger partial charge in [-0.15, -0.1) is 0 Å². The van der Waals surface area contributed by atoms with Crippen molar-refractivity contribution in [3.05, 3.63) is 26.7 Å². The summed E-state index contributed by atoms with van der Waals surface area (Å²) in [7, 11) is 3.79. The number of rotatable bonds is 6. The molecule has 0 radical (unpaired) electrons. The van der Waals surface area contributed by atoms with Crippen LogP contribution in [0.1, 0.15) is 35.6 Å². The molecule has 1 N–H and O–H groups in total. The fourth-order valence-electron chi connectivity index (χ4n) is 2.61. The van der Waals surface area contributed by atoms with Gasteiger partial charge in [-0.05, 0) is 69.0 Å². The summed E-state index contributed by atoms with van der Waals surface area (Å²) in [6, 6.07) is 0. The topological polar surface area (TPSA) is 21.3 Å². The molecule has 0 aliphatic heterocycles. The lowest BCUT2D eigenvalue weighted by Crippen LogP contribution is -2.21. The minimum Gasteiger partial charge on any atom is -0.496 e. The second kappa shape index (κ2) is 7.30. The molecule has 0 bridgehead atoms. The van der Waals surface area contributed by atoms with Crippen LogP contribution in [-0.2, 0) is 6.42 Å². The van der Waals surface area contributed by atoms with Crippen LogP contribution < -0.4 is 10.1 Å². The van der Waals surface area contributed by atoms with E-state index in [2.05, 4.69) is 48.9 Å². The normalized spacial score (nSPS) is 12.6. The van der Waals surface area contributed by atoms with Gasteiger partial charge in [0.2, 0.25) is 0 Å². The van der Waals surface area contributed by atoms with Crippen LogP contribution in [0, 0.1) is 26.7 Å². The van der Waals surface area contributed by atoms with E-state index in [1.807, 2.05) is 7.05 Å². The molecule has 0 amide bonds. The molecule has 0 aliphatic rings. The summed E-state index contributed by atoms with van der Waals surface area (Å²) in [4.78, 5) is 0. The van der Waals surface area contributed by atoms with E-state index in [9.17, 15) is 0 Å². The standard InChI is InChI=1S/C16H26BrNO/c1-7-13(9-18-5)8-14-12(4)15(17)10(2)11(3)16(14)19-6/h13,18H,7-9H2,1-6H3. The van der Waals surface area contributed by atoms with E-state index in [4.69, 9.17) is 4.74 Å². The molecule has 2 nitrogen and oxygen atoms in total. The average Bonchev–Trinajstić information content (AvgIpc) is 2.41. The number of hydrogen-bond donors (Lipinski definition) is 1. The first-order valence-corrected chi connectivity index (χ1v) is 7.73. The first-order valence-electron chi connectivity index (χ1n) is 6.94. The minimum absolute atomic E-state index is 0.645. The van der Waals surface area contributed by atoms with Crippen molar-refractivity contribution in [3.63, 3.8) is 0 Å². The number of methoxy groups -OCH3 is 1. The Labute approximate surface area is 126 Å². The Morgan fingerprint density at radius 1 is 1.16 bits per heavy atom. The van der Waals surface area contributed by atoms with Crippen LogP contribution in [0.4, 0.5) is 0 Å². The van der Waals surface area contributed by atoms with Crippen LogP contribution in [0.2, 0.25) is 0 Å². The molecule has 0 saturated carbocycles. The Kier molecular flexibility index (Phi) is 6.34. The van der Waals surface area contributed by atoms with E-state index < -0.39 is 0 Å². The fraction of sp³-hybridized carbons (Fsp3) is 0.625. The highest BCUT2D eigenvalue weighted by molar-refractivity contribution is 9.10. The molecule has 1 unspecified atom stereocenters. The lowest BCUT2D eigenvalue weighted by atomic mass is 9.90. The van der Waals surface area contributed by atoms with Gasteiger partial charge in [-0.2, -0.15) is 0 Å². The summed E-state index contributed by atoms with van der Waals surface area (Å²) >= 11 is 3.72. The second-order valence-corrected chi connectivity index (χ2v) is 6.03. The van der Waals surface area contributed by atoms with Crippen molar-refractivity contribution >= 4 is 15.9 Å². The monoisotopic (exact) mass is 327 g/mol. The van der Waals surface area contributed by atoms with Crippen LogP contribution in [0.5, 0.6) is 5.75 Å². The van der Waals surface area contributed by atoms with E-state index in [0.717, 1.165) is 18.7 Å². The Balaban J connectivity index is 3.25. The van der Waals surface area contributed by atoms with Crippen LogP contribution in [0.3, 0.4) is 0 Å². The Hall–Kier alpha value is -0.540. The fourth-order valence-corrected chi connectivity index (χ4v) is 3.14. The van der Waals surface area contributed by atoms with Gasteiger partial charge in [0, 0.05) is 4.47 Å². The van der Waals surface area contributed by atoms with Gasteiger partial charge in [-0.3, -0.25) is 0 Å². The number of nitrogens with one attached hydrogen (secondary N) is 1. The van der Waals surface area contributed by atoms with Crippen molar-refractivity contribution in [2.45, 2.75) is 40.5 Å². The Bertz CT molecular complexity index is 443. The molecule has 0 aromatic heterocycles. The van der Waals surface area contributed by atoms with Crippen molar-refractivity contribution < 1.29 is 4.74 Å². The molecule has 0 saturated heterocycles. The molecule has 0 heterocycles. The molecule has 1 aromatic rings. The lowest BCUT2D eigenvalue weighted by Gasteiger charge is -2.22. The molecule has 3 heteroatoms. The smallest absolute Gasteiger partial charge is 0.125 e. The maximum Gasteiger partial charge on any atom is 0.125 e. The van der Waals surface area contributed by atoms with Crippen LogP contribution in [0.25, 0.3) is 0 Å². The maximum atomic E-state index is 5.68. The van der Waals surface area contributed by atoms with Crippen molar-refractivity contribution in [2.75, 3.05) is 20.7 Å². The van der Waals surface area contributed by atoms with Crippen molar-refractivity contribution in [1.82, 2.24) is 5.32 Å². The summed E-state index contributed by atoms with van der Waals surface area (Å²) in [5.41, 5.74) is 5.18. The first-order chi connectivity index (χ1) is 8.97. The Morgan fingerprint density at radius 3 is 2.26 bits per heavy atom. The SMILES string of the molecule is CCC(CNC)Cc1c(C)c(Br)c(C)c(C)c1OC. The second-order valence-electron chi connectivity index (χ2n) is 5.24. The predicted molar refractivity (Wildman–Crippen MR) is 86.3 cm³/mol. The van der Waals surface area contributed by atoms with Crippen LogP contribution >= 0.6 is 15.9 Å². The quantitative estimate of drug-likeness (QED) is 0.846. The molecule has 0 aliphatic carbocycles.